The summed E-state index contributed by atoms with van der Waals surface area (Å²) < 4.78 is 8.82. The molecule has 0 atom stereocenters. The zero-order chi connectivity index (χ0) is 50.4. The molecule has 2 aliphatic carbocycles. The first-order valence-electron chi connectivity index (χ1n) is 26.7. The number of aromatic nitrogens is 1. The van der Waals surface area contributed by atoms with Gasteiger partial charge in [-0.2, -0.15) is 0 Å². The summed E-state index contributed by atoms with van der Waals surface area (Å²) >= 11 is 0. The van der Waals surface area contributed by atoms with Gasteiger partial charge in [0.2, 0.25) is 0 Å². The number of hydrogen-bond donors (Lipinski definition) is 0. The van der Waals surface area contributed by atoms with E-state index >= 15 is 0 Å². The fourth-order valence-corrected chi connectivity index (χ4v) is 14.5. The molecular weight excluding hydrogens is 933 g/mol. The highest BCUT2D eigenvalue weighted by molar-refractivity contribution is 6.14. The molecule has 3 heteroatoms. The summed E-state index contributed by atoms with van der Waals surface area (Å²) in [5.41, 5.74) is 25.4. The molecule has 2 aromatic heterocycles. The molecule has 0 amide bonds. The van der Waals surface area contributed by atoms with Crippen molar-refractivity contribution in [1.29, 1.82) is 0 Å². The number of rotatable bonds is 6. The van der Waals surface area contributed by atoms with Gasteiger partial charge in [-0.3, -0.25) is 0 Å². The minimum atomic E-state index is -0.556. The molecule has 17 rings (SSSR count). The molecule has 0 fully saturated rings. The van der Waals surface area contributed by atoms with Crippen molar-refractivity contribution in [1.82, 2.24) is 4.57 Å². The maximum absolute atomic E-state index is 6.26. The first kappa shape index (κ1) is 42.4. The largest absolute Gasteiger partial charge is 0.456 e. The van der Waals surface area contributed by atoms with E-state index in [0.717, 1.165) is 50.1 Å². The highest BCUT2D eigenvalue weighted by atomic mass is 16.3. The first-order valence-corrected chi connectivity index (χ1v) is 26.7. The second-order valence-electron chi connectivity index (χ2n) is 21.0. The zero-order valence-corrected chi connectivity index (χ0v) is 41.9. The molecule has 0 bridgehead atoms. The van der Waals surface area contributed by atoms with E-state index in [1.54, 1.807) is 0 Å². The normalized spacial score (nSPS) is 13.9. The van der Waals surface area contributed by atoms with Gasteiger partial charge < -0.3 is 13.9 Å². The van der Waals surface area contributed by atoms with E-state index in [1.807, 2.05) is 12.1 Å². The third kappa shape index (κ3) is 5.54. The summed E-state index contributed by atoms with van der Waals surface area (Å²) in [5, 5.41) is 4.70. The highest BCUT2D eigenvalue weighted by Crippen LogP contribution is 2.62. The molecule has 1 spiro atoms. The summed E-state index contributed by atoms with van der Waals surface area (Å²) in [7, 11) is 0. The van der Waals surface area contributed by atoms with Gasteiger partial charge in [-0.05, 0) is 133 Å². The van der Waals surface area contributed by atoms with Crippen LogP contribution in [0.2, 0.25) is 0 Å². The molecule has 1 aliphatic heterocycles. The molecule has 0 unspecified atom stereocenters. The standard InChI is InChI=1S/C74H46N2O/c1-3-19-49(20-4-1)73(50-21-5-2-6-22-50)62-30-13-9-26-57(62)71-64(73)32-18-35-68(71)75(51-40-37-47(38-41-51)48-39-44-70-59(45-48)55-25-10-16-36-69(55)77-70)52-42-43-66-58(46-52)56-27-17-33-65-72(56)76(66)67-34-15-14-31-63(67)74(65)60-28-11-7-23-53(60)54-24-8-12-29-61(54)74/h1-46H. The topological polar surface area (TPSA) is 21.3 Å². The van der Waals surface area contributed by atoms with Crippen molar-refractivity contribution < 1.29 is 4.42 Å². The Hall–Kier alpha value is -9.96. The van der Waals surface area contributed by atoms with E-state index in [2.05, 4.69) is 276 Å². The van der Waals surface area contributed by atoms with Gasteiger partial charge in [-0.15, -0.1) is 0 Å². The molecule has 0 saturated carbocycles. The summed E-state index contributed by atoms with van der Waals surface area (Å²) in [5.74, 6) is 0. The molecule has 77 heavy (non-hydrogen) atoms. The predicted octanol–water partition coefficient (Wildman–Crippen LogP) is 18.9. The van der Waals surface area contributed by atoms with Crippen LogP contribution in [0.4, 0.5) is 17.1 Å². The van der Waals surface area contributed by atoms with Gasteiger partial charge in [0.1, 0.15) is 11.2 Å². The van der Waals surface area contributed by atoms with Crippen LogP contribution in [0.5, 0.6) is 0 Å². The molecule has 14 aromatic rings. The van der Waals surface area contributed by atoms with Crippen LogP contribution in [0, 0.1) is 0 Å². The van der Waals surface area contributed by atoms with Gasteiger partial charge in [0, 0.05) is 38.5 Å². The molecule has 0 saturated heterocycles. The Bertz CT molecular complexity index is 4670. The van der Waals surface area contributed by atoms with Gasteiger partial charge in [0.05, 0.1) is 33.2 Å². The quantitative estimate of drug-likeness (QED) is 0.166. The van der Waals surface area contributed by atoms with E-state index in [4.69, 9.17) is 4.42 Å². The molecule has 3 heterocycles. The number of hydrogen-bond acceptors (Lipinski definition) is 2. The molecule has 3 nitrogen and oxygen atoms in total. The number of furan rings is 1. The van der Waals surface area contributed by atoms with Gasteiger partial charge in [-0.1, -0.05) is 218 Å². The van der Waals surface area contributed by atoms with Crippen LogP contribution in [0.3, 0.4) is 0 Å². The SMILES string of the molecule is c1ccc(C2(c3ccccc3)c3ccccc3-c3c(N(c4ccc(-c5ccc6oc7ccccc7c6c5)cc4)c4ccc5c(c4)c4cccc6c4n5-c4ccccc4C64c5ccccc5-c5ccccc54)cccc32)cc1. The molecule has 358 valence electrons. The van der Waals surface area contributed by atoms with Crippen molar-refractivity contribution in [2.45, 2.75) is 10.8 Å². The monoisotopic (exact) mass is 978 g/mol. The van der Waals surface area contributed by atoms with E-state index in [0.29, 0.717) is 0 Å². The first-order chi connectivity index (χ1) is 38.2. The zero-order valence-electron chi connectivity index (χ0n) is 41.9. The van der Waals surface area contributed by atoms with Crippen LogP contribution < -0.4 is 4.90 Å². The minimum absolute atomic E-state index is 0.485. The molecule has 3 aliphatic rings. The summed E-state index contributed by atoms with van der Waals surface area (Å²) in [6.07, 6.45) is 0. The fraction of sp³-hybridized carbons (Fsp3) is 0.0270. The number of nitrogens with zero attached hydrogens (tertiary/aromatic N) is 2. The third-order valence-corrected chi connectivity index (χ3v) is 17.5. The average Bonchev–Trinajstić information content (AvgIpc) is 4.35. The van der Waals surface area contributed by atoms with E-state index < -0.39 is 10.8 Å². The lowest BCUT2D eigenvalue weighted by Gasteiger charge is -2.39. The number of benzene rings is 12. The van der Waals surface area contributed by atoms with E-state index in [-0.39, 0.29) is 0 Å². The van der Waals surface area contributed by atoms with Crippen LogP contribution >= 0.6 is 0 Å². The van der Waals surface area contributed by atoms with Crippen molar-refractivity contribution in [2.24, 2.45) is 0 Å². The number of fused-ring (bicyclic) bond motifs is 18. The Morgan fingerprint density at radius 1 is 0.325 bits per heavy atom. The Morgan fingerprint density at radius 3 is 1.61 bits per heavy atom. The van der Waals surface area contributed by atoms with Crippen LogP contribution in [0.15, 0.2) is 283 Å². The van der Waals surface area contributed by atoms with Gasteiger partial charge in [0.15, 0.2) is 0 Å². The average molecular weight is 979 g/mol. The van der Waals surface area contributed by atoms with Gasteiger partial charge >= 0.3 is 0 Å². The minimum Gasteiger partial charge on any atom is -0.456 e. The maximum Gasteiger partial charge on any atom is 0.135 e. The number of para-hydroxylation sites is 3. The van der Waals surface area contributed by atoms with Crippen molar-refractivity contribution in [3.63, 3.8) is 0 Å². The van der Waals surface area contributed by atoms with Crippen molar-refractivity contribution in [2.75, 3.05) is 4.90 Å². The Morgan fingerprint density at radius 2 is 0.870 bits per heavy atom. The molecule has 0 radical (unpaired) electrons. The van der Waals surface area contributed by atoms with Crippen LogP contribution in [-0.4, -0.2) is 4.57 Å². The summed E-state index contributed by atoms with van der Waals surface area (Å²) in [4.78, 5) is 2.52. The smallest absolute Gasteiger partial charge is 0.135 e. The van der Waals surface area contributed by atoms with Crippen LogP contribution in [-0.2, 0) is 10.8 Å². The fourth-order valence-electron chi connectivity index (χ4n) is 14.5. The lowest BCUT2D eigenvalue weighted by Crippen LogP contribution is -2.33. The summed E-state index contributed by atoms with van der Waals surface area (Å²) in [6.45, 7) is 0. The Kier molecular flexibility index (Phi) is 8.69. The molecular formula is C74H46N2O. The van der Waals surface area contributed by atoms with Gasteiger partial charge in [-0.25, -0.2) is 0 Å². The number of anilines is 3. The van der Waals surface area contributed by atoms with Gasteiger partial charge in [0.25, 0.3) is 0 Å². The van der Waals surface area contributed by atoms with E-state index in [1.165, 1.54) is 94.3 Å². The van der Waals surface area contributed by atoms with Crippen LogP contribution in [0.25, 0.3) is 82.8 Å². The highest BCUT2D eigenvalue weighted by Gasteiger charge is 2.51. The third-order valence-electron chi connectivity index (χ3n) is 17.5. The van der Waals surface area contributed by atoms with Crippen LogP contribution in [0.1, 0.15) is 44.5 Å². The predicted molar refractivity (Wildman–Crippen MR) is 316 cm³/mol. The second-order valence-corrected chi connectivity index (χ2v) is 21.0. The lowest BCUT2D eigenvalue weighted by atomic mass is 9.65. The van der Waals surface area contributed by atoms with Crippen molar-refractivity contribution in [3.8, 4) is 39.1 Å². The Labute approximate surface area is 445 Å². The summed E-state index contributed by atoms with van der Waals surface area (Å²) in [6, 6.07) is 104. The van der Waals surface area contributed by atoms with Crippen molar-refractivity contribution in [3.05, 3.63) is 324 Å². The maximum atomic E-state index is 6.26. The molecule has 0 N–H and O–H groups in total. The Balaban J connectivity index is 0.923. The van der Waals surface area contributed by atoms with Crippen molar-refractivity contribution >= 4 is 60.8 Å². The second kappa shape index (κ2) is 15.8. The lowest BCUT2D eigenvalue weighted by molar-refractivity contribution is 0.669. The molecule has 12 aromatic carbocycles. The van der Waals surface area contributed by atoms with E-state index in [9.17, 15) is 0 Å².